The number of nitrogens with zero attached hydrogens (tertiary/aromatic N) is 1. The Labute approximate surface area is 175 Å². The first-order valence-electron chi connectivity index (χ1n) is 10.3. The van der Waals surface area contributed by atoms with Gasteiger partial charge in [0, 0.05) is 19.1 Å². The molecule has 1 saturated carbocycles. The molecule has 1 aliphatic heterocycles. The summed E-state index contributed by atoms with van der Waals surface area (Å²) in [6.07, 6.45) is 2.50. The van der Waals surface area contributed by atoms with E-state index in [-0.39, 0.29) is 22.3 Å². The predicted octanol–water partition coefficient (Wildman–Crippen LogP) is 4.21. The Balaban J connectivity index is 1.71. The molecule has 2 aliphatic rings. The zero-order chi connectivity index (χ0) is 21.9. The van der Waals surface area contributed by atoms with E-state index in [4.69, 9.17) is 0 Å². The fourth-order valence-corrected chi connectivity index (χ4v) is 5.40. The minimum atomic E-state index is -4.60. The van der Waals surface area contributed by atoms with Gasteiger partial charge in [-0.3, -0.25) is 4.79 Å². The van der Waals surface area contributed by atoms with Gasteiger partial charge in [-0.25, -0.2) is 13.1 Å². The molecule has 166 valence electrons. The van der Waals surface area contributed by atoms with Gasteiger partial charge < -0.3 is 4.90 Å². The first kappa shape index (κ1) is 22.8. The number of sulfonamides is 1. The molecule has 1 aliphatic carbocycles. The first-order valence-corrected chi connectivity index (χ1v) is 11.8. The number of alkyl halides is 3. The predicted molar refractivity (Wildman–Crippen MR) is 107 cm³/mol. The molecule has 0 spiro atoms. The van der Waals surface area contributed by atoms with Crippen LogP contribution in [-0.4, -0.2) is 38.4 Å². The molecule has 5 nitrogen and oxygen atoms in total. The Morgan fingerprint density at radius 1 is 1.20 bits per heavy atom. The third-order valence-electron chi connectivity index (χ3n) is 5.49. The van der Waals surface area contributed by atoms with Gasteiger partial charge in [0.05, 0.1) is 10.5 Å². The molecule has 2 fully saturated rings. The Morgan fingerprint density at radius 3 is 2.43 bits per heavy atom. The van der Waals surface area contributed by atoms with Crippen LogP contribution in [0.1, 0.15) is 62.5 Å². The standard InChI is InChI=1S/C21H27F3N2O3S/c1-2-3-4-8-19(27)26-13-11-16(12-14-26)25-30(28,29)18-7-5-6-17(21(22,23)24)20(18)15-9-10-15/h4-8,15-16,25H,2-3,9-14H2,1H3. The number of benzene rings is 1. The van der Waals surface area contributed by atoms with Crippen LogP contribution in [0.15, 0.2) is 35.2 Å². The molecule has 0 atom stereocenters. The van der Waals surface area contributed by atoms with Crippen LogP contribution in [0.3, 0.4) is 0 Å². The van der Waals surface area contributed by atoms with Crippen LogP contribution in [0.4, 0.5) is 13.2 Å². The van der Waals surface area contributed by atoms with E-state index in [0.717, 1.165) is 25.0 Å². The molecule has 1 amide bonds. The van der Waals surface area contributed by atoms with Crippen molar-refractivity contribution in [1.82, 2.24) is 9.62 Å². The van der Waals surface area contributed by atoms with Crippen molar-refractivity contribution in [1.29, 1.82) is 0 Å². The van der Waals surface area contributed by atoms with Gasteiger partial charge in [0.25, 0.3) is 0 Å². The van der Waals surface area contributed by atoms with Crippen LogP contribution in [0, 0.1) is 0 Å². The number of hydrogen-bond donors (Lipinski definition) is 1. The molecule has 1 aromatic carbocycles. The van der Waals surface area contributed by atoms with E-state index in [0.29, 0.717) is 38.8 Å². The van der Waals surface area contributed by atoms with Crippen LogP contribution in [0.5, 0.6) is 0 Å². The third-order valence-corrected chi connectivity index (χ3v) is 7.07. The quantitative estimate of drug-likeness (QED) is 0.641. The largest absolute Gasteiger partial charge is 0.416 e. The highest BCUT2D eigenvalue weighted by Gasteiger charge is 2.41. The lowest BCUT2D eigenvalue weighted by Crippen LogP contribution is -2.46. The minimum absolute atomic E-state index is 0.0985. The molecular weight excluding hydrogens is 417 g/mol. The monoisotopic (exact) mass is 444 g/mol. The summed E-state index contributed by atoms with van der Waals surface area (Å²) in [5, 5.41) is 0. The number of nitrogens with one attached hydrogen (secondary N) is 1. The maximum absolute atomic E-state index is 13.4. The fraction of sp³-hybridized carbons (Fsp3) is 0.571. The molecule has 3 rings (SSSR count). The van der Waals surface area contributed by atoms with Crippen molar-refractivity contribution >= 4 is 15.9 Å². The van der Waals surface area contributed by atoms with Gasteiger partial charge in [-0.2, -0.15) is 13.2 Å². The normalized spacial score (nSPS) is 18.9. The maximum atomic E-state index is 13.4. The van der Waals surface area contributed by atoms with E-state index in [1.807, 2.05) is 13.0 Å². The molecule has 1 saturated heterocycles. The van der Waals surface area contributed by atoms with Crippen LogP contribution in [0.2, 0.25) is 0 Å². The first-order chi connectivity index (χ1) is 14.1. The lowest BCUT2D eigenvalue weighted by atomic mass is 10.0. The summed E-state index contributed by atoms with van der Waals surface area (Å²) < 4.78 is 68.8. The fourth-order valence-electron chi connectivity index (χ4n) is 3.78. The highest BCUT2D eigenvalue weighted by molar-refractivity contribution is 7.89. The van der Waals surface area contributed by atoms with E-state index in [1.54, 1.807) is 11.0 Å². The number of amides is 1. The molecule has 1 N–H and O–H groups in total. The van der Waals surface area contributed by atoms with E-state index in [1.165, 1.54) is 6.07 Å². The third kappa shape index (κ3) is 5.43. The van der Waals surface area contributed by atoms with E-state index < -0.39 is 27.8 Å². The van der Waals surface area contributed by atoms with Crippen molar-refractivity contribution in [2.45, 2.75) is 68.5 Å². The Morgan fingerprint density at radius 2 is 1.87 bits per heavy atom. The number of hydrogen-bond acceptors (Lipinski definition) is 3. The number of likely N-dealkylation sites (tertiary alicyclic amines) is 1. The highest BCUT2D eigenvalue weighted by Crippen LogP contribution is 2.48. The number of carbonyl (C=O) groups excluding carboxylic acids is 1. The van der Waals surface area contributed by atoms with Crippen molar-refractivity contribution in [2.24, 2.45) is 0 Å². The van der Waals surface area contributed by atoms with Gasteiger partial charge in [0.15, 0.2) is 0 Å². The van der Waals surface area contributed by atoms with Crippen molar-refractivity contribution in [3.63, 3.8) is 0 Å². The van der Waals surface area contributed by atoms with Crippen molar-refractivity contribution in [3.8, 4) is 0 Å². The van der Waals surface area contributed by atoms with Gasteiger partial charge >= 0.3 is 6.18 Å². The minimum Gasteiger partial charge on any atom is -0.339 e. The maximum Gasteiger partial charge on any atom is 0.416 e. The summed E-state index contributed by atoms with van der Waals surface area (Å²) >= 11 is 0. The summed E-state index contributed by atoms with van der Waals surface area (Å²) in [7, 11) is -4.10. The summed E-state index contributed by atoms with van der Waals surface area (Å²) in [4.78, 5) is 13.5. The number of piperidine rings is 1. The summed E-state index contributed by atoms with van der Waals surface area (Å²) in [5.74, 6) is -0.470. The van der Waals surface area contributed by atoms with Crippen molar-refractivity contribution < 1.29 is 26.4 Å². The molecule has 9 heteroatoms. The SMILES string of the molecule is CCCC=CC(=O)N1CCC(NS(=O)(=O)c2cccc(C(F)(F)F)c2C2CC2)CC1. The van der Waals surface area contributed by atoms with Gasteiger partial charge in [-0.05, 0) is 61.8 Å². The molecular formula is C21H27F3N2O3S. The lowest BCUT2D eigenvalue weighted by Gasteiger charge is -2.32. The lowest BCUT2D eigenvalue weighted by molar-refractivity contribution is -0.138. The number of unbranched alkanes of at least 4 members (excludes halogenated alkanes) is 1. The number of allylic oxidation sites excluding steroid dienone is 1. The second-order valence-corrected chi connectivity index (χ2v) is 9.58. The van der Waals surface area contributed by atoms with Gasteiger partial charge in [-0.1, -0.05) is 25.5 Å². The average molecular weight is 445 g/mol. The van der Waals surface area contributed by atoms with E-state index in [2.05, 4.69) is 4.72 Å². The average Bonchev–Trinajstić information content (AvgIpc) is 3.52. The smallest absolute Gasteiger partial charge is 0.339 e. The molecule has 0 aromatic heterocycles. The Hall–Kier alpha value is -1.87. The van der Waals surface area contributed by atoms with Gasteiger partial charge in [0.1, 0.15) is 0 Å². The summed E-state index contributed by atoms with van der Waals surface area (Å²) in [6.45, 7) is 2.83. The molecule has 0 unspecified atom stereocenters. The van der Waals surface area contributed by atoms with Crippen LogP contribution in [0.25, 0.3) is 0 Å². The van der Waals surface area contributed by atoms with E-state index >= 15 is 0 Å². The second-order valence-electron chi connectivity index (χ2n) is 7.90. The van der Waals surface area contributed by atoms with Crippen LogP contribution >= 0.6 is 0 Å². The van der Waals surface area contributed by atoms with Crippen LogP contribution < -0.4 is 4.72 Å². The Kier molecular flexibility index (Phi) is 6.91. The summed E-state index contributed by atoms with van der Waals surface area (Å²) in [6, 6.07) is 2.93. The zero-order valence-corrected chi connectivity index (χ0v) is 17.7. The van der Waals surface area contributed by atoms with Gasteiger partial charge in [0.2, 0.25) is 15.9 Å². The molecule has 0 bridgehead atoms. The Bertz CT molecular complexity index is 901. The molecule has 30 heavy (non-hydrogen) atoms. The number of halogens is 3. The highest BCUT2D eigenvalue weighted by atomic mass is 32.2. The summed E-state index contributed by atoms with van der Waals surface area (Å²) in [5.41, 5.74) is -0.988. The van der Waals surface area contributed by atoms with Gasteiger partial charge in [-0.15, -0.1) is 0 Å². The molecule has 1 aromatic rings. The number of rotatable bonds is 7. The molecule has 1 heterocycles. The number of carbonyl (C=O) groups is 1. The van der Waals surface area contributed by atoms with Crippen LogP contribution in [-0.2, 0) is 21.0 Å². The molecule has 0 radical (unpaired) electrons. The second kappa shape index (κ2) is 9.09. The topological polar surface area (TPSA) is 66.5 Å². The zero-order valence-electron chi connectivity index (χ0n) is 16.9. The van der Waals surface area contributed by atoms with Crippen molar-refractivity contribution in [2.75, 3.05) is 13.1 Å². The van der Waals surface area contributed by atoms with E-state index in [9.17, 15) is 26.4 Å². The van der Waals surface area contributed by atoms with Crippen molar-refractivity contribution in [3.05, 3.63) is 41.5 Å².